The average Bonchev–Trinajstić information content (AvgIpc) is 3.38. The van der Waals surface area contributed by atoms with Gasteiger partial charge >= 0.3 is 0 Å². The summed E-state index contributed by atoms with van der Waals surface area (Å²) in [5.41, 5.74) is 1.34. The maximum absolute atomic E-state index is 12.8. The van der Waals surface area contributed by atoms with E-state index in [2.05, 4.69) is 25.3 Å². The standard InChI is InChI=1S/C21H23N5O3/c1-3-28-18-9-5-4-7-16(18)20(27)24-15-10-12-26(13-15)19-17(8-6-11-22-19)21-23-14(2)25-29-21/h4-9,11,15H,3,10,12-13H2,1-2H3,(H,24,27). The number of nitrogens with zero attached hydrogens (tertiary/aromatic N) is 4. The molecule has 1 aliphatic rings. The van der Waals surface area contributed by atoms with Crippen molar-refractivity contribution < 1.29 is 14.1 Å². The number of aryl methyl sites for hydroxylation is 1. The quantitative estimate of drug-likeness (QED) is 0.688. The Labute approximate surface area is 168 Å². The van der Waals surface area contributed by atoms with Gasteiger partial charge in [-0.15, -0.1) is 0 Å². The van der Waals surface area contributed by atoms with Crippen LogP contribution < -0.4 is 15.0 Å². The highest BCUT2D eigenvalue weighted by molar-refractivity contribution is 5.97. The Hall–Kier alpha value is -3.42. The van der Waals surface area contributed by atoms with E-state index in [1.807, 2.05) is 37.3 Å². The van der Waals surface area contributed by atoms with Gasteiger partial charge < -0.3 is 19.5 Å². The van der Waals surface area contributed by atoms with Crippen molar-refractivity contribution in [3.63, 3.8) is 0 Å². The van der Waals surface area contributed by atoms with Crippen LogP contribution in [0.2, 0.25) is 0 Å². The maximum Gasteiger partial charge on any atom is 0.261 e. The van der Waals surface area contributed by atoms with Crippen LogP contribution in [0.15, 0.2) is 47.1 Å². The largest absolute Gasteiger partial charge is 0.493 e. The third-order valence-corrected chi connectivity index (χ3v) is 4.80. The highest BCUT2D eigenvalue weighted by Crippen LogP contribution is 2.30. The molecule has 0 bridgehead atoms. The lowest BCUT2D eigenvalue weighted by Crippen LogP contribution is -2.37. The van der Waals surface area contributed by atoms with Crippen LogP contribution in [0.1, 0.15) is 29.5 Å². The van der Waals surface area contributed by atoms with Crippen LogP contribution in [-0.4, -0.2) is 46.8 Å². The molecule has 0 spiro atoms. The third kappa shape index (κ3) is 4.06. The van der Waals surface area contributed by atoms with Gasteiger partial charge in [-0.3, -0.25) is 4.79 Å². The van der Waals surface area contributed by atoms with E-state index in [1.165, 1.54) is 0 Å². The molecule has 150 valence electrons. The maximum atomic E-state index is 12.8. The molecule has 0 aliphatic carbocycles. The van der Waals surface area contributed by atoms with Crippen LogP contribution in [0.25, 0.3) is 11.5 Å². The Kier molecular flexibility index (Phi) is 5.41. The van der Waals surface area contributed by atoms with E-state index >= 15 is 0 Å². The summed E-state index contributed by atoms with van der Waals surface area (Å²) in [6.45, 7) is 5.62. The predicted octanol–water partition coefficient (Wildman–Crippen LogP) is 2.85. The van der Waals surface area contributed by atoms with E-state index in [0.29, 0.717) is 36.2 Å². The summed E-state index contributed by atoms with van der Waals surface area (Å²) in [4.78, 5) is 23.7. The zero-order valence-corrected chi connectivity index (χ0v) is 16.5. The molecule has 1 aliphatic heterocycles. The number of aromatic nitrogens is 3. The SMILES string of the molecule is CCOc1ccccc1C(=O)NC1CCN(c2ncccc2-c2nc(C)no2)C1. The number of benzene rings is 1. The number of rotatable bonds is 6. The van der Waals surface area contributed by atoms with E-state index < -0.39 is 0 Å². The second kappa shape index (κ2) is 8.30. The van der Waals surface area contributed by atoms with Gasteiger partial charge in [0.25, 0.3) is 11.8 Å². The summed E-state index contributed by atoms with van der Waals surface area (Å²) >= 11 is 0. The van der Waals surface area contributed by atoms with Gasteiger partial charge in [0.05, 0.1) is 17.7 Å². The Balaban J connectivity index is 1.47. The van der Waals surface area contributed by atoms with Gasteiger partial charge in [0, 0.05) is 25.3 Å². The number of carbonyl (C=O) groups excluding carboxylic acids is 1. The Bertz CT molecular complexity index is 1000. The summed E-state index contributed by atoms with van der Waals surface area (Å²) in [5, 5.41) is 6.99. The minimum absolute atomic E-state index is 0.0106. The lowest BCUT2D eigenvalue weighted by molar-refractivity contribution is 0.0936. The molecule has 29 heavy (non-hydrogen) atoms. The van der Waals surface area contributed by atoms with E-state index in [1.54, 1.807) is 19.2 Å². The average molecular weight is 393 g/mol. The van der Waals surface area contributed by atoms with Gasteiger partial charge in [-0.1, -0.05) is 17.3 Å². The molecule has 1 unspecified atom stereocenters. The Morgan fingerprint density at radius 2 is 2.17 bits per heavy atom. The van der Waals surface area contributed by atoms with Gasteiger partial charge in [0.15, 0.2) is 5.82 Å². The molecule has 4 rings (SSSR count). The molecule has 1 N–H and O–H groups in total. The summed E-state index contributed by atoms with van der Waals surface area (Å²) in [5.74, 6) is 2.27. The molecule has 1 aromatic carbocycles. The second-order valence-corrected chi connectivity index (χ2v) is 6.86. The van der Waals surface area contributed by atoms with Crippen LogP contribution in [0, 0.1) is 6.92 Å². The number of hydrogen-bond donors (Lipinski definition) is 1. The molecular formula is C21H23N5O3. The van der Waals surface area contributed by atoms with Crippen molar-refractivity contribution in [2.24, 2.45) is 0 Å². The normalized spacial score (nSPS) is 16.1. The van der Waals surface area contributed by atoms with Gasteiger partial charge in [-0.25, -0.2) is 4.98 Å². The molecular weight excluding hydrogens is 370 g/mol. The zero-order chi connectivity index (χ0) is 20.2. The summed E-state index contributed by atoms with van der Waals surface area (Å²) in [7, 11) is 0. The van der Waals surface area contributed by atoms with E-state index in [-0.39, 0.29) is 11.9 Å². The van der Waals surface area contributed by atoms with E-state index in [9.17, 15) is 4.79 Å². The Morgan fingerprint density at radius 3 is 2.97 bits per heavy atom. The highest BCUT2D eigenvalue weighted by Gasteiger charge is 2.28. The molecule has 0 saturated carbocycles. The fourth-order valence-corrected chi connectivity index (χ4v) is 3.49. The third-order valence-electron chi connectivity index (χ3n) is 4.80. The number of pyridine rings is 1. The topological polar surface area (TPSA) is 93.4 Å². The lowest BCUT2D eigenvalue weighted by Gasteiger charge is -2.20. The van der Waals surface area contributed by atoms with Gasteiger partial charge in [-0.05, 0) is 44.5 Å². The van der Waals surface area contributed by atoms with Crippen molar-refractivity contribution in [2.75, 3.05) is 24.6 Å². The summed E-state index contributed by atoms with van der Waals surface area (Å²) in [6.07, 6.45) is 2.56. The van der Waals surface area contributed by atoms with Crippen LogP contribution in [0.4, 0.5) is 5.82 Å². The van der Waals surface area contributed by atoms with Crippen molar-refractivity contribution in [3.05, 3.63) is 54.0 Å². The van der Waals surface area contributed by atoms with E-state index in [0.717, 1.165) is 24.3 Å². The minimum atomic E-state index is -0.130. The molecule has 8 nitrogen and oxygen atoms in total. The first-order chi connectivity index (χ1) is 14.2. The van der Waals surface area contributed by atoms with Gasteiger partial charge in [0.2, 0.25) is 0 Å². The molecule has 3 aromatic rings. The number of hydrogen-bond acceptors (Lipinski definition) is 7. The van der Waals surface area contributed by atoms with Crippen molar-refractivity contribution in [1.29, 1.82) is 0 Å². The number of amides is 1. The first kappa shape index (κ1) is 18.9. The molecule has 1 fully saturated rings. The number of para-hydroxylation sites is 1. The van der Waals surface area contributed by atoms with Crippen LogP contribution in [-0.2, 0) is 0 Å². The lowest BCUT2D eigenvalue weighted by atomic mass is 10.1. The molecule has 1 atom stereocenters. The molecule has 3 heterocycles. The van der Waals surface area contributed by atoms with Gasteiger partial charge in [-0.2, -0.15) is 4.98 Å². The number of ether oxygens (including phenoxy) is 1. The minimum Gasteiger partial charge on any atom is -0.493 e. The number of anilines is 1. The van der Waals surface area contributed by atoms with Crippen molar-refractivity contribution in [1.82, 2.24) is 20.4 Å². The highest BCUT2D eigenvalue weighted by atomic mass is 16.5. The summed E-state index contributed by atoms with van der Waals surface area (Å²) in [6, 6.07) is 11.1. The first-order valence-electron chi connectivity index (χ1n) is 9.69. The molecule has 1 saturated heterocycles. The van der Waals surface area contributed by atoms with Crippen LogP contribution in [0.5, 0.6) is 5.75 Å². The fraction of sp³-hybridized carbons (Fsp3) is 0.333. The molecule has 8 heteroatoms. The van der Waals surface area contributed by atoms with Crippen LogP contribution >= 0.6 is 0 Å². The van der Waals surface area contributed by atoms with Crippen LogP contribution in [0.3, 0.4) is 0 Å². The molecule has 2 aromatic heterocycles. The zero-order valence-electron chi connectivity index (χ0n) is 16.5. The Morgan fingerprint density at radius 1 is 1.31 bits per heavy atom. The van der Waals surface area contributed by atoms with Crippen molar-refractivity contribution in [2.45, 2.75) is 26.3 Å². The van der Waals surface area contributed by atoms with E-state index in [4.69, 9.17) is 9.26 Å². The fourth-order valence-electron chi connectivity index (χ4n) is 3.49. The number of carbonyl (C=O) groups is 1. The summed E-state index contributed by atoms with van der Waals surface area (Å²) < 4.78 is 10.9. The second-order valence-electron chi connectivity index (χ2n) is 6.86. The van der Waals surface area contributed by atoms with Crippen molar-refractivity contribution >= 4 is 11.7 Å². The van der Waals surface area contributed by atoms with Gasteiger partial charge in [0.1, 0.15) is 11.6 Å². The number of nitrogens with one attached hydrogen (secondary N) is 1. The molecule has 1 amide bonds. The smallest absolute Gasteiger partial charge is 0.261 e. The first-order valence-corrected chi connectivity index (χ1v) is 9.69. The van der Waals surface area contributed by atoms with Crippen molar-refractivity contribution in [3.8, 4) is 17.2 Å². The predicted molar refractivity (Wildman–Crippen MR) is 108 cm³/mol. The monoisotopic (exact) mass is 393 g/mol. The molecule has 0 radical (unpaired) electrons.